The van der Waals surface area contributed by atoms with Crippen LogP contribution in [-0.2, 0) is 0 Å². The molecule has 0 radical (unpaired) electrons. The van der Waals surface area contributed by atoms with Gasteiger partial charge in [-0.2, -0.15) is 0 Å². The maximum absolute atomic E-state index is 9.12. The van der Waals surface area contributed by atoms with Gasteiger partial charge in [0.15, 0.2) is 17.3 Å². The molecule has 0 saturated carbocycles. The van der Waals surface area contributed by atoms with Crippen molar-refractivity contribution in [1.82, 2.24) is 14.4 Å². The number of aromatic nitrogens is 3. The monoisotopic (exact) mass is 276 g/mol. The van der Waals surface area contributed by atoms with Crippen LogP contribution in [0.2, 0.25) is 0 Å². The predicted molar refractivity (Wildman–Crippen MR) is 77.4 cm³/mol. The highest BCUT2D eigenvalue weighted by molar-refractivity contribution is 5.66. The Hall–Kier alpha value is -1.86. The average molecular weight is 276 g/mol. The highest BCUT2D eigenvalue weighted by Gasteiger charge is 2.23. The number of imidazole rings is 1. The van der Waals surface area contributed by atoms with E-state index >= 15 is 0 Å². The molecular weight excluding hydrogens is 256 g/mol. The van der Waals surface area contributed by atoms with Gasteiger partial charge in [-0.05, 0) is 25.2 Å². The number of aliphatic hydroxyl groups excluding tert-OH is 1. The fourth-order valence-corrected chi connectivity index (χ4v) is 2.87. The molecule has 1 aliphatic rings. The molecule has 2 aromatic rings. The molecule has 0 amide bonds. The Balaban J connectivity index is 1.93. The lowest BCUT2D eigenvalue weighted by atomic mass is 9.95. The molecular formula is C13H20N6O. The van der Waals surface area contributed by atoms with Crippen LogP contribution >= 0.6 is 0 Å². The maximum atomic E-state index is 9.12. The second kappa shape index (κ2) is 5.64. The molecule has 7 heteroatoms. The van der Waals surface area contributed by atoms with Crippen LogP contribution in [0.5, 0.6) is 0 Å². The standard InChI is InChI=1S/C13H20N6O/c14-17-11-9-19-6-4-15-12(19)13(16-11)18-5-1-2-10(8-18)3-7-20/h4,6,9-10,17,20H,1-3,5,7-8,14H2. The van der Waals surface area contributed by atoms with Crippen molar-refractivity contribution in [2.75, 3.05) is 30.0 Å². The largest absolute Gasteiger partial charge is 0.396 e. The Morgan fingerprint density at radius 1 is 1.50 bits per heavy atom. The minimum atomic E-state index is 0.245. The van der Waals surface area contributed by atoms with E-state index in [0.717, 1.165) is 43.8 Å². The summed E-state index contributed by atoms with van der Waals surface area (Å²) in [5.74, 6) is 7.47. The van der Waals surface area contributed by atoms with E-state index in [-0.39, 0.29) is 6.61 Å². The minimum absolute atomic E-state index is 0.245. The molecule has 3 rings (SSSR count). The van der Waals surface area contributed by atoms with Crippen LogP contribution < -0.4 is 16.2 Å². The molecule has 0 spiro atoms. The number of nitrogens with two attached hydrogens (primary N) is 1. The molecule has 1 saturated heterocycles. The van der Waals surface area contributed by atoms with Gasteiger partial charge < -0.3 is 19.8 Å². The zero-order valence-electron chi connectivity index (χ0n) is 11.4. The van der Waals surface area contributed by atoms with Crippen molar-refractivity contribution in [3.8, 4) is 0 Å². The van der Waals surface area contributed by atoms with Crippen molar-refractivity contribution < 1.29 is 5.11 Å². The third kappa shape index (κ3) is 2.41. The van der Waals surface area contributed by atoms with Crippen molar-refractivity contribution in [3.05, 3.63) is 18.6 Å². The van der Waals surface area contributed by atoms with E-state index in [2.05, 4.69) is 20.3 Å². The highest BCUT2D eigenvalue weighted by Crippen LogP contribution is 2.27. The molecule has 7 nitrogen and oxygen atoms in total. The third-order valence-corrected chi connectivity index (χ3v) is 3.86. The van der Waals surface area contributed by atoms with Gasteiger partial charge in [-0.1, -0.05) is 0 Å². The van der Waals surface area contributed by atoms with Crippen molar-refractivity contribution in [3.63, 3.8) is 0 Å². The molecule has 1 unspecified atom stereocenters. The van der Waals surface area contributed by atoms with Crippen molar-refractivity contribution in [2.24, 2.45) is 11.8 Å². The summed E-state index contributed by atoms with van der Waals surface area (Å²) in [6.07, 6.45) is 8.58. The van der Waals surface area contributed by atoms with Gasteiger partial charge in [0.1, 0.15) is 0 Å². The first-order valence-electron chi connectivity index (χ1n) is 6.98. The molecule has 20 heavy (non-hydrogen) atoms. The second-order valence-electron chi connectivity index (χ2n) is 5.22. The lowest BCUT2D eigenvalue weighted by Gasteiger charge is -2.33. The Morgan fingerprint density at radius 3 is 3.20 bits per heavy atom. The molecule has 0 bridgehead atoms. The first-order valence-corrected chi connectivity index (χ1v) is 6.98. The number of nitrogens with zero attached hydrogens (tertiary/aromatic N) is 4. The highest BCUT2D eigenvalue weighted by atomic mass is 16.3. The average Bonchev–Trinajstić information content (AvgIpc) is 2.95. The Labute approximate surface area is 117 Å². The van der Waals surface area contributed by atoms with Crippen LogP contribution in [-0.4, -0.2) is 39.2 Å². The molecule has 1 aliphatic heterocycles. The van der Waals surface area contributed by atoms with Crippen LogP contribution in [0.15, 0.2) is 18.6 Å². The van der Waals surface area contributed by atoms with Crippen molar-refractivity contribution in [2.45, 2.75) is 19.3 Å². The molecule has 108 valence electrons. The third-order valence-electron chi connectivity index (χ3n) is 3.86. The van der Waals surface area contributed by atoms with Crippen LogP contribution in [0.3, 0.4) is 0 Å². The fourth-order valence-electron chi connectivity index (χ4n) is 2.87. The molecule has 1 atom stereocenters. The SMILES string of the molecule is NNc1cn2ccnc2c(N2CCCC(CCO)C2)n1. The number of anilines is 2. The number of nitrogens with one attached hydrogen (secondary N) is 1. The van der Waals surface area contributed by atoms with Crippen LogP contribution in [0, 0.1) is 5.92 Å². The van der Waals surface area contributed by atoms with E-state index in [1.165, 1.54) is 0 Å². The van der Waals surface area contributed by atoms with Gasteiger partial charge in [0.05, 0.1) is 6.20 Å². The van der Waals surface area contributed by atoms with E-state index in [1.54, 1.807) is 6.20 Å². The number of rotatable bonds is 4. The summed E-state index contributed by atoms with van der Waals surface area (Å²) >= 11 is 0. The minimum Gasteiger partial charge on any atom is -0.396 e. The van der Waals surface area contributed by atoms with Crippen LogP contribution in [0.25, 0.3) is 5.65 Å². The number of hydrogen-bond donors (Lipinski definition) is 3. The van der Waals surface area contributed by atoms with Crippen molar-refractivity contribution >= 4 is 17.3 Å². The normalized spacial score (nSPS) is 19.5. The first kappa shape index (κ1) is 13.1. The smallest absolute Gasteiger partial charge is 0.180 e. The van der Waals surface area contributed by atoms with E-state index in [1.807, 2.05) is 16.8 Å². The quantitative estimate of drug-likeness (QED) is 0.560. The van der Waals surface area contributed by atoms with Gasteiger partial charge in [-0.15, -0.1) is 0 Å². The first-order chi connectivity index (χ1) is 9.81. The van der Waals surface area contributed by atoms with Crippen LogP contribution in [0.4, 0.5) is 11.6 Å². The Kier molecular flexibility index (Phi) is 3.70. The van der Waals surface area contributed by atoms with Gasteiger partial charge in [0.2, 0.25) is 0 Å². The van der Waals surface area contributed by atoms with Gasteiger partial charge >= 0.3 is 0 Å². The van der Waals surface area contributed by atoms with E-state index in [4.69, 9.17) is 10.9 Å². The number of hydrogen-bond acceptors (Lipinski definition) is 6. The molecule has 0 aliphatic carbocycles. The van der Waals surface area contributed by atoms with Crippen molar-refractivity contribution in [1.29, 1.82) is 0 Å². The number of fused-ring (bicyclic) bond motifs is 1. The number of nitrogen functional groups attached to an aromatic ring is 1. The predicted octanol–water partition coefficient (Wildman–Crippen LogP) is 0.614. The zero-order valence-corrected chi connectivity index (χ0v) is 11.4. The summed E-state index contributed by atoms with van der Waals surface area (Å²) in [6, 6.07) is 0. The summed E-state index contributed by atoms with van der Waals surface area (Å²) in [5, 5.41) is 9.12. The number of aliphatic hydroxyl groups is 1. The summed E-state index contributed by atoms with van der Waals surface area (Å²) in [7, 11) is 0. The Bertz CT molecular complexity index is 581. The molecule has 2 aromatic heterocycles. The molecule has 3 heterocycles. The lowest BCUT2D eigenvalue weighted by molar-refractivity contribution is 0.244. The molecule has 4 N–H and O–H groups in total. The number of piperidine rings is 1. The second-order valence-corrected chi connectivity index (χ2v) is 5.22. The molecule has 1 fully saturated rings. The van der Waals surface area contributed by atoms with Gasteiger partial charge in [0.25, 0.3) is 0 Å². The summed E-state index contributed by atoms with van der Waals surface area (Å²) in [5.41, 5.74) is 3.44. The zero-order chi connectivity index (χ0) is 13.9. The van der Waals surface area contributed by atoms with Gasteiger partial charge in [0, 0.05) is 32.1 Å². The summed E-state index contributed by atoms with van der Waals surface area (Å²) < 4.78 is 1.92. The molecule has 0 aromatic carbocycles. The van der Waals surface area contributed by atoms with Gasteiger partial charge in [-0.3, -0.25) is 0 Å². The van der Waals surface area contributed by atoms with E-state index in [0.29, 0.717) is 11.7 Å². The summed E-state index contributed by atoms with van der Waals surface area (Å²) in [4.78, 5) is 11.2. The lowest BCUT2D eigenvalue weighted by Crippen LogP contribution is -2.36. The Morgan fingerprint density at radius 2 is 2.40 bits per heavy atom. The van der Waals surface area contributed by atoms with Crippen LogP contribution in [0.1, 0.15) is 19.3 Å². The topological polar surface area (TPSA) is 91.7 Å². The number of hydrazine groups is 1. The van der Waals surface area contributed by atoms with Gasteiger partial charge in [-0.25, -0.2) is 15.8 Å². The summed E-state index contributed by atoms with van der Waals surface area (Å²) in [6.45, 7) is 2.12. The fraction of sp³-hybridized carbons (Fsp3) is 0.538. The van der Waals surface area contributed by atoms with E-state index < -0.39 is 0 Å². The van der Waals surface area contributed by atoms with E-state index in [9.17, 15) is 0 Å². The maximum Gasteiger partial charge on any atom is 0.180 e.